The molecular weight excluding hydrogens is 856 g/mol. The maximum absolute atomic E-state index is 14.8. The van der Waals surface area contributed by atoms with Gasteiger partial charge < -0.3 is 35.1 Å². The van der Waals surface area contributed by atoms with E-state index in [1.54, 1.807) is 53.7 Å². The fraction of sp³-hybridized carbons (Fsp3) is 0.659. The predicted octanol–water partition coefficient (Wildman–Crippen LogP) is 3.75. The number of halogens is 1. The van der Waals surface area contributed by atoms with Gasteiger partial charge in [0.1, 0.15) is 46.8 Å². The third-order valence-electron chi connectivity index (χ3n) is 11.7. The molecule has 5 aliphatic rings. The van der Waals surface area contributed by atoms with Crippen LogP contribution in [0.1, 0.15) is 123 Å². The first-order chi connectivity index (χ1) is 29.9. The van der Waals surface area contributed by atoms with Crippen molar-refractivity contribution in [1.82, 2.24) is 30.5 Å². The van der Waals surface area contributed by atoms with Crippen molar-refractivity contribution >= 4 is 51.8 Å². The summed E-state index contributed by atoms with van der Waals surface area (Å²) >= 11 is 0. The van der Waals surface area contributed by atoms with E-state index in [0.717, 1.165) is 0 Å². The van der Waals surface area contributed by atoms with Gasteiger partial charge in [0.25, 0.3) is 5.91 Å². The van der Waals surface area contributed by atoms with E-state index in [1.807, 2.05) is 6.08 Å². The van der Waals surface area contributed by atoms with Gasteiger partial charge in [-0.15, -0.1) is 0 Å². The molecule has 6 amide bonds. The number of esters is 1. The van der Waals surface area contributed by atoms with Crippen molar-refractivity contribution in [3.8, 4) is 0 Å². The zero-order valence-corrected chi connectivity index (χ0v) is 38.1. The number of sulfonamides is 1. The number of rotatable bonds is 10. The number of alkyl carbamates (subject to hydrolysis) is 1. The Morgan fingerprint density at radius 3 is 2.36 bits per heavy atom. The van der Waals surface area contributed by atoms with Crippen molar-refractivity contribution in [2.24, 2.45) is 5.92 Å². The zero-order chi connectivity index (χ0) is 46.8. The Morgan fingerprint density at radius 2 is 1.69 bits per heavy atom. The van der Waals surface area contributed by atoms with Gasteiger partial charge in [0, 0.05) is 30.9 Å². The van der Waals surface area contributed by atoms with E-state index in [0.29, 0.717) is 49.7 Å². The van der Waals surface area contributed by atoms with Crippen LogP contribution in [-0.4, -0.2) is 113 Å². The molecule has 0 unspecified atom stereocenters. The molecule has 20 heteroatoms. The smallest absolute Gasteiger partial charge is 0.410 e. The molecular formula is C44H61FN6O12S. The van der Waals surface area contributed by atoms with Crippen LogP contribution in [0.2, 0.25) is 0 Å². The lowest BCUT2D eigenvalue weighted by Gasteiger charge is -2.31. The van der Waals surface area contributed by atoms with E-state index in [1.165, 1.54) is 21.9 Å². The molecule has 1 aromatic carbocycles. The number of carbonyl (C=O) groups is 7. The van der Waals surface area contributed by atoms with E-state index >= 15 is 0 Å². The number of amides is 6. The number of ether oxygens (including phenoxy) is 3. The fourth-order valence-corrected chi connectivity index (χ4v) is 9.58. The van der Waals surface area contributed by atoms with Crippen LogP contribution in [0.3, 0.4) is 0 Å². The second-order valence-electron chi connectivity index (χ2n) is 19.4. The van der Waals surface area contributed by atoms with Crippen LogP contribution in [0.25, 0.3) is 0 Å². The van der Waals surface area contributed by atoms with Gasteiger partial charge in [-0.1, -0.05) is 37.1 Å². The minimum atomic E-state index is -3.99. The van der Waals surface area contributed by atoms with E-state index in [2.05, 4.69) is 20.7 Å². The lowest BCUT2D eigenvalue weighted by atomic mass is 10.0. The number of hydrogen-bond donors (Lipinski definition) is 4. The van der Waals surface area contributed by atoms with Crippen LogP contribution < -0.4 is 20.7 Å². The second kappa shape index (κ2) is 19.1. The van der Waals surface area contributed by atoms with Gasteiger partial charge in [0.15, 0.2) is 0 Å². The van der Waals surface area contributed by atoms with Crippen LogP contribution >= 0.6 is 0 Å². The van der Waals surface area contributed by atoms with Crippen molar-refractivity contribution in [2.75, 3.05) is 6.54 Å². The monoisotopic (exact) mass is 916 g/mol. The van der Waals surface area contributed by atoms with Gasteiger partial charge in [-0.05, 0) is 98.1 Å². The number of allylic oxidation sites excluding steroid dienone is 1. The molecule has 352 valence electrons. The Hall–Kier alpha value is -5.27. The standard InChI is InChI=1S/C44H61FN6O12S/c1-42(2,3)62-35(52)20-19-32(47-40(57)63-43(4,5)6)36(53)46-33-16-11-9-7-8-10-14-27-22-44(27,39(56)49-64(59,60)29-17-18-29)48-37(54)34-21-28(24-51(34)38(33)55)61-41(58)50-23-26-13-12-15-31(45)30(26)25-50/h10,12-15,27-29,32-34H,7-9,11,16-25H2,1-6H3,(H,46,53)(H,47,57)(H,48,54)(H,49,56)/b14-10-/t27-,28-,32-,33+,34+,44-/m1/s1. The minimum absolute atomic E-state index is 0.0586. The average Bonchev–Trinajstić information content (AvgIpc) is 4.07. The van der Waals surface area contributed by atoms with Crippen LogP contribution in [0.15, 0.2) is 30.4 Å². The topological polar surface area (TPSA) is 236 Å². The summed E-state index contributed by atoms with van der Waals surface area (Å²) in [5.41, 5.74) is -2.45. The lowest BCUT2D eigenvalue weighted by Crippen LogP contribution is -2.59. The number of hydrogen-bond acceptors (Lipinski definition) is 12. The highest BCUT2D eigenvalue weighted by molar-refractivity contribution is 7.91. The summed E-state index contributed by atoms with van der Waals surface area (Å²) < 4.78 is 59.2. The zero-order valence-electron chi connectivity index (χ0n) is 37.3. The van der Waals surface area contributed by atoms with Crippen LogP contribution in [0.4, 0.5) is 14.0 Å². The quantitative estimate of drug-likeness (QED) is 0.149. The normalized spacial score (nSPS) is 26.0. The van der Waals surface area contributed by atoms with Crippen molar-refractivity contribution in [3.63, 3.8) is 0 Å². The highest BCUT2D eigenvalue weighted by Crippen LogP contribution is 2.46. The van der Waals surface area contributed by atoms with Crippen molar-refractivity contribution < 1.29 is 60.6 Å². The summed E-state index contributed by atoms with van der Waals surface area (Å²) in [5.74, 6) is -4.88. The highest BCUT2D eigenvalue weighted by atomic mass is 32.2. The molecule has 0 radical (unpaired) electrons. The van der Waals surface area contributed by atoms with Gasteiger partial charge in [0.2, 0.25) is 27.7 Å². The van der Waals surface area contributed by atoms with E-state index in [9.17, 15) is 46.4 Å². The van der Waals surface area contributed by atoms with Crippen molar-refractivity contribution in [1.29, 1.82) is 0 Å². The van der Waals surface area contributed by atoms with E-state index in [-0.39, 0.29) is 51.7 Å². The maximum Gasteiger partial charge on any atom is 0.410 e. The molecule has 3 heterocycles. The molecule has 2 saturated carbocycles. The number of fused-ring (bicyclic) bond motifs is 3. The van der Waals surface area contributed by atoms with Crippen LogP contribution in [-0.2, 0) is 61.3 Å². The molecule has 3 fully saturated rings. The second-order valence-corrected chi connectivity index (χ2v) is 21.3. The van der Waals surface area contributed by atoms with Crippen LogP contribution in [0.5, 0.6) is 0 Å². The number of carbonyl (C=O) groups excluding carboxylic acids is 7. The van der Waals surface area contributed by atoms with E-state index in [4.69, 9.17) is 14.2 Å². The fourth-order valence-electron chi connectivity index (χ4n) is 8.22. The molecule has 2 aliphatic carbocycles. The largest absolute Gasteiger partial charge is 0.460 e. The molecule has 0 spiro atoms. The Bertz CT molecular complexity index is 2150. The number of nitrogens with one attached hydrogen (secondary N) is 4. The Kier molecular flexibility index (Phi) is 14.4. The summed E-state index contributed by atoms with van der Waals surface area (Å²) in [5, 5.41) is 7.32. The Balaban J connectivity index is 1.27. The van der Waals surface area contributed by atoms with Gasteiger partial charge in [-0.25, -0.2) is 22.4 Å². The molecule has 6 rings (SSSR count). The molecule has 3 aliphatic heterocycles. The number of nitrogens with zero attached hydrogens (tertiary/aromatic N) is 2. The summed E-state index contributed by atoms with van der Waals surface area (Å²) in [6, 6.07) is 0.517. The van der Waals surface area contributed by atoms with Crippen molar-refractivity contribution in [2.45, 2.75) is 171 Å². The summed E-state index contributed by atoms with van der Waals surface area (Å²) in [4.78, 5) is 99.0. The Labute approximate surface area is 373 Å². The van der Waals surface area contributed by atoms with Gasteiger partial charge in [-0.2, -0.15) is 0 Å². The summed E-state index contributed by atoms with van der Waals surface area (Å²) in [6.45, 7) is 9.68. The molecule has 0 bridgehead atoms. The molecule has 6 atom stereocenters. The Morgan fingerprint density at radius 1 is 0.969 bits per heavy atom. The molecule has 4 N–H and O–H groups in total. The predicted molar refractivity (Wildman–Crippen MR) is 227 cm³/mol. The third-order valence-corrected chi connectivity index (χ3v) is 13.5. The maximum atomic E-state index is 14.8. The highest BCUT2D eigenvalue weighted by Gasteiger charge is 2.62. The number of benzene rings is 1. The molecule has 1 saturated heterocycles. The molecule has 1 aromatic rings. The third kappa shape index (κ3) is 12.3. The van der Waals surface area contributed by atoms with Gasteiger partial charge >= 0.3 is 18.2 Å². The summed E-state index contributed by atoms with van der Waals surface area (Å²) in [6.07, 6.45) is 3.40. The first kappa shape index (κ1) is 48.2. The summed E-state index contributed by atoms with van der Waals surface area (Å²) in [7, 11) is -3.99. The minimum Gasteiger partial charge on any atom is -0.460 e. The molecule has 0 aromatic heterocycles. The van der Waals surface area contributed by atoms with Gasteiger partial charge in [0.05, 0.1) is 18.3 Å². The molecule has 18 nitrogen and oxygen atoms in total. The molecule has 64 heavy (non-hydrogen) atoms. The van der Waals surface area contributed by atoms with E-state index < -0.39 is 110 Å². The van der Waals surface area contributed by atoms with Crippen LogP contribution in [0, 0.1) is 11.7 Å². The van der Waals surface area contributed by atoms with Gasteiger partial charge in [-0.3, -0.25) is 33.6 Å². The first-order valence-electron chi connectivity index (χ1n) is 22.0. The van der Waals surface area contributed by atoms with Crippen molar-refractivity contribution in [3.05, 3.63) is 47.3 Å². The average molecular weight is 917 g/mol. The lowest BCUT2D eigenvalue weighted by molar-refractivity contribution is -0.155. The SMILES string of the molecule is CC(C)(C)OC(=O)CC[C@@H](NC(=O)OC(C)(C)C)C(=O)N[C@H]1CCCCC/C=C\[C@@H]2C[C@@]2(C(=O)NS(=O)(=O)C2CC2)NC(=O)[C@@H]2C[C@@H](OC(=O)N3Cc4cccc(F)c4C3)CN2C1=O. The first-order valence-corrected chi connectivity index (χ1v) is 23.6.